The average molecular weight is 472 g/mol. The van der Waals surface area contributed by atoms with Crippen molar-refractivity contribution < 1.29 is 0 Å². The molecule has 0 saturated heterocycles. The monoisotopic (exact) mass is 471 g/mol. The molecular formula is C34H21N3. The van der Waals surface area contributed by atoms with Gasteiger partial charge in [-0.25, -0.2) is 4.98 Å². The molecule has 5 aromatic carbocycles. The van der Waals surface area contributed by atoms with Crippen LogP contribution in [0.2, 0.25) is 0 Å². The van der Waals surface area contributed by atoms with Crippen LogP contribution in [0.4, 0.5) is 0 Å². The summed E-state index contributed by atoms with van der Waals surface area (Å²) >= 11 is 0. The van der Waals surface area contributed by atoms with E-state index in [4.69, 9.17) is 4.98 Å². The van der Waals surface area contributed by atoms with Crippen LogP contribution in [0.25, 0.3) is 65.9 Å². The number of hydrogen-bond donors (Lipinski definition) is 0. The highest BCUT2D eigenvalue weighted by molar-refractivity contribution is 6.26. The largest absolute Gasteiger partial charge is 0.308 e. The SMILES string of the molecule is c1ccc(-n2c3ccccc3c3ccc4c5cc6c(cc5n5ccnc5c4c32)Cc2ccccc2-6)cc1. The number of imidazole rings is 1. The lowest BCUT2D eigenvalue weighted by atomic mass is 9.98. The Bertz CT molecular complexity index is 2210. The highest BCUT2D eigenvalue weighted by atomic mass is 15.0. The number of benzene rings is 5. The quantitative estimate of drug-likeness (QED) is 0.221. The summed E-state index contributed by atoms with van der Waals surface area (Å²) in [4.78, 5) is 4.93. The summed E-state index contributed by atoms with van der Waals surface area (Å²) in [6, 6.07) is 37.6. The summed E-state index contributed by atoms with van der Waals surface area (Å²) in [5.41, 5.74) is 11.3. The first-order valence-electron chi connectivity index (χ1n) is 12.8. The Morgan fingerprint density at radius 2 is 1.41 bits per heavy atom. The molecule has 0 atom stereocenters. The second kappa shape index (κ2) is 6.86. The molecule has 9 rings (SSSR count). The fourth-order valence-corrected chi connectivity index (χ4v) is 6.62. The van der Waals surface area contributed by atoms with Gasteiger partial charge in [0.05, 0.1) is 21.9 Å². The zero-order valence-corrected chi connectivity index (χ0v) is 20.0. The first-order valence-corrected chi connectivity index (χ1v) is 12.8. The van der Waals surface area contributed by atoms with E-state index in [-0.39, 0.29) is 0 Å². The molecular weight excluding hydrogens is 450 g/mol. The normalized spacial score (nSPS) is 12.8. The summed E-state index contributed by atoms with van der Waals surface area (Å²) in [6.45, 7) is 0. The van der Waals surface area contributed by atoms with Gasteiger partial charge in [0.2, 0.25) is 0 Å². The number of rotatable bonds is 1. The Kier molecular flexibility index (Phi) is 3.58. The minimum Gasteiger partial charge on any atom is -0.308 e. The zero-order chi connectivity index (χ0) is 24.1. The van der Waals surface area contributed by atoms with Crippen molar-refractivity contribution in [2.45, 2.75) is 6.42 Å². The van der Waals surface area contributed by atoms with Crippen molar-refractivity contribution in [2.24, 2.45) is 0 Å². The Morgan fingerprint density at radius 1 is 0.595 bits per heavy atom. The van der Waals surface area contributed by atoms with Crippen LogP contribution < -0.4 is 0 Å². The highest BCUT2D eigenvalue weighted by Crippen LogP contribution is 2.44. The van der Waals surface area contributed by atoms with Crippen LogP contribution >= 0.6 is 0 Å². The summed E-state index contributed by atoms with van der Waals surface area (Å²) < 4.78 is 4.70. The van der Waals surface area contributed by atoms with Crippen LogP contribution in [0, 0.1) is 0 Å². The third-order valence-electron chi connectivity index (χ3n) is 8.18. The minimum absolute atomic E-state index is 0.983. The summed E-state index contributed by atoms with van der Waals surface area (Å²) in [5.74, 6) is 0. The Labute approximate surface area is 212 Å². The van der Waals surface area contributed by atoms with Crippen molar-refractivity contribution in [2.75, 3.05) is 0 Å². The van der Waals surface area contributed by atoms with Gasteiger partial charge in [-0.3, -0.25) is 4.40 Å². The van der Waals surface area contributed by atoms with Crippen molar-refractivity contribution in [3.8, 4) is 16.8 Å². The molecule has 0 amide bonds. The first kappa shape index (κ1) is 19.3. The predicted octanol–water partition coefficient (Wildman–Crippen LogP) is 8.31. The average Bonchev–Trinajstić information content (AvgIpc) is 3.66. The third kappa shape index (κ3) is 2.43. The predicted molar refractivity (Wildman–Crippen MR) is 153 cm³/mol. The van der Waals surface area contributed by atoms with Crippen molar-refractivity contribution >= 4 is 49.1 Å². The molecule has 3 heterocycles. The molecule has 37 heavy (non-hydrogen) atoms. The van der Waals surface area contributed by atoms with Crippen LogP contribution in [-0.4, -0.2) is 14.0 Å². The fraction of sp³-hybridized carbons (Fsp3) is 0.0294. The smallest absolute Gasteiger partial charge is 0.147 e. The van der Waals surface area contributed by atoms with E-state index in [2.05, 4.69) is 118 Å². The van der Waals surface area contributed by atoms with Crippen LogP contribution in [-0.2, 0) is 6.42 Å². The molecule has 0 N–H and O–H groups in total. The van der Waals surface area contributed by atoms with E-state index < -0.39 is 0 Å². The number of hydrogen-bond acceptors (Lipinski definition) is 1. The Hall–Kier alpha value is -4.89. The Morgan fingerprint density at radius 3 is 2.35 bits per heavy atom. The lowest BCUT2D eigenvalue weighted by molar-refractivity contribution is 1.18. The van der Waals surface area contributed by atoms with Gasteiger partial charge in [0.25, 0.3) is 0 Å². The molecule has 3 aromatic heterocycles. The number of aromatic nitrogens is 3. The molecule has 0 unspecified atom stereocenters. The standard InChI is InChI=1S/C34H21N3/c1-2-9-23(10-3-1)37-30-13-7-6-12-25(30)27-15-14-26-29-20-28-22(18-21-8-4-5-11-24(21)28)19-31(29)36-17-16-35-34(36)32(26)33(27)37/h1-17,19-20H,18H2. The van der Waals surface area contributed by atoms with Gasteiger partial charge in [-0.1, -0.05) is 72.8 Å². The van der Waals surface area contributed by atoms with Crippen molar-refractivity contribution in [1.82, 2.24) is 14.0 Å². The van der Waals surface area contributed by atoms with E-state index in [0.717, 1.165) is 17.8 Å². The van der Waals surface area contributed by atoms with Crippen molar-refractivity contribution in [1.29, 1.82) is 0 Å². The second-order valence-electron chi connectivity index (χ2n) is 10.1. The van der Waals surface area contributed by atoms with Crippen LogP contribution in [0.5, 0.6) is 0 Å². The van der Waals surface area contributed by atoms with Crippen LogP contribution in [0.3, 0.4) is 0 Å². The third-order valence-corrected chi connectivity index (χ3v) is 8.18. The minimum atomic E-state index is 0.983. The topological polar surface area (TPSA) is 22.2 Å². The van der Waals surface area contributed by atoms with E-state index in [1.165, 1.54) is 65.7 Å². The maximum atomic E-state index is 4.93. The van der Waals surface area contributed by atoms with Gasteiger partial charge >= 0.3 is 0 Å². The molecule has 0 aliphatic heterocycles. The number of nitrogens with zero attached hydrogens (tertiary/aromatic N) is 3. The van der Waals surface area contributed by atoms with E-state index in [9.17, 15) is 0 Å². The zero-order valence-electron chi connectivity index (χ0n) is 20.0. The van der Waals surface area contributed by atoms with Crippen LogP contribution in [0.1, 0.15) is 11.1 Å². The van der Waals surface area contributed by atoms with E-state index >= 15 is 0 Å². The molecule has 1 aliphatic rings. The molecule has 0 bridgehead atoms. The van der Waals surface area contributed by atoms with E-state index in [0.29, 0.717) is 0 Å². The second-order valence-corrected chi connectivity index (χ2v) is 10.1. The lowest BCUT2D eigenvalue weighted by Gasteiger charge is -2.14. The van der Waals surface area contributed by atoms with Gasteiger partial charge in [-0.2, -0.15) is 0 Å². The fourth-order valence-electron chi connectivity index (χ4n) is 6.62. The van der Waals surface area contributed by atoms with Gasteiger partial charge in [0, 0.05) is 34.2 Å². The van der Waals surface area contributed by atoms with Crippen molar-refractivity contribution in [3.63, 3.8) is 0 Å². The number of para-hydroxylation sites is 2. The van der Waals surface area contributed by atoms with Crippen molar-refractivity contribution in [3.05, 3.63) is 127 Å². The van der Waals surface area contributed by atoms with E-state index in [1.807, 2.05) is 6.20 Å². The maximum Gasteiger partial charge on any atom is 0.147 e. The van der Waals surface area contributed by atoms with Gasteiger partial charge in [-0.15, -0.1) is 0 Å². The summed E-state index contributed by atoms with van der Waals surface area (Å²) in [5, 5.41) is 6.22. The van der Waals surface area contributed by atoms with Crippen LogP contribution in [0.15, 0.2) is 116 Å². The van der Waals surface area contributed by atoms with E-state index in [1.54, 1.807) is 0 Å². The molecule has 1 aliphatic carbocycles. The van der Waals surface area contributed by atoms with Gasteiger partial charge < -0.3 is 4.57 Å². The number of fused-ring (bicyclic) bond motifs is 13. The Balaban J connectivity index is 1.53. The maximum absolute atomic E-state index is 4.93. The molecule has 3 heteroatoms. The molecule has 8 aromatic rings. The summed E-state index contributed by atoms with van der Waals surface area (Å²) in [7, 11) is 0. The molecule has 172 valence electrons. The van der Waals surface area contributed by atoms with Gasteiger partial charge in [0.1, 0.15) is 5.65 Å². The molecule has 0 spiro atoms. The molecule has 0 fully saturated rings. The summed E-state index contributed by atoms with van der Waals surface area (Å²) in [6.07, 6.45) is 5.03. The molecule has 0 saturated carbocycles. The van der Waals surface area contributed by atoms with Gasteiger partial charge in [0.15, 0.2) is 0 Å². The number of pyridine rings is 1. The van der Waals surface area contributed by atoms with Gasteiger partial charge in [-0.05, 0) is 64.4 Å². The molecule has 0 radical (unpaired) electrons. The highest BCUT2D eigenvalue weighted by Gasteiger charge is 2.23. The molecule has 3 nitrogen and oxygen atoms in total. The first-order chi connectivity index (χ1) is 18.4. The lowest BCUT2D eigenvalue weighted by Crippen LogP contribution is -1.97.